The van der Waals surface area contributed by atoms with Crippen molar-refractivity contribution in [3.63, 3.8) is 0 Å². The van der Waals surface area contributed by atoms with Crippen LogP contribution < -0.4 is 34.4 Å². The van der Waals surface area contributed by atoms with Crippen LogP contribution in [0.3, 0.4) is 0 Å². The first-order valence-electron chi connectivity index (χ1n) is 5.64. The molecule has 0 atom stereocenters. The third-order valence-electron chi connectivity index (χ3n) is 4.30. The number of carbonyl (C=O) groups is 1. The van der Waals surface area contributed by atoms with Gasteiger partial charge in [-0.05, 0) is 12.8 Å². The molecule has 0 aromatic rings. The second-order valence-electron chi connectivity index (χ2n) is 5.18. The van der Waals surface area contributed by atoms with Crippen molar-refractivity contribution in [1.29, 1.82) is 0 Å². The Labute approximate surface area is 104 Å². The summed E-state index contributed by atoms with van der Waals surface area (Å²) in [5, 5.41) is 0. The van der Waals surface area contributed by atoms with E-state index in [0.717, 1.165) is 0 Å². The number of hydrogen-bond acceptors (Lipinski definition) is 7. The number of fused-ring (bicyclic) bond motifs is 1. The van der Waals surface area contributed by atoms with E-state index < -0.39 is 16.9 Å². The highest BCUT2D eigenvalue weighted by Gasteiger charge is 2.66. The maximum absolute atomic E-state index is 12.4. The van der Waals surface area contributed by atoms with E-state index in [1.54, 1.807) is 0 Å². The number of hydrogen-bond donors (Lipinski definition) is 6. The molecule has 7 heteroatoms. The van der Waals surface area contributed by atoms with Crippen LogP contribution in [0.5, 0.6) is 0 Å². The fourth-order valence-corrected chi connectivity index (χ4v) is 2.89. The van der Waals surface area contributed by atoms with Gasteiger partial charge in [-0.15, -0.1) is 0 Å². The van der Waals surface area contributed by atoms with Crippen molar-refractivity contribution in [2.75, 3.05) is 0 Å². The molecule has 0 aliphatic heterocycles. The molecule has 0 aromatic carbocycles. The molecule has 12 N–H and O–H groups in total. The maximum Gasteiger partial charge on any atom is 0.200 e. The van der Waals surface area contributed by atoms with Crippen molar-refractivity contribution >= 4 is 5.78 Å². The highest BCUT2D eigenvalue weighted by atomic mass is 16.1. The zero-order valence-corrected chi connectivity index (χ0v) is 9.79. The Balaban J connectivity index is 2.37. The van der Waals surface area contributed by atoms with Gasteiger partial charge in [0.25, 0.3) is 0 Å². The molecule has 18 heavy (non-hydrogen) atoms. The van der Waals surface area contributed by atoms with Gasteiger partial charge in [0.2, 0.25) is 5.78 Å². The van der Waals surface area contributed by atoms with Crippen LogP contribution in [0.25, 0.3) is 0 Å². The van der Waals surface area contributed by atoms with Crippen molar-refractivity contribution < 1.29 is 4.79 Å². The summed E-state index contributed by atoms with van der Waals surface area (Å²) in [4.78, 5) is 12.4. The molecule has 0 heterocycles. The van der Waals surface area contributed by atoms with Gasteiger partial charge in [0, 0.05) is 16.7 Å². The molecule has 3 rings (SSSR count). The molecule has 0 amide bonds. The quantitative estimate of drug-likeness (QED) is 0.257. The average Bonchev–Trinajstić information content (AvgIpc) is 3.08. The molecule has 0 radical (unpaired) electrons. The molecular weight excluding hydrogens is 232 g/mol. The van der Waals surface area contributed by atoms with Crippen LogP contribution in [-0.2, 0) is 4.79 Å². The van der Waals surface area contributed by atoms with Gasteiger partial charge in [0.05, 0.1) is 22.7 Å². The highest BCUT2D eigenvalue weighted by molar-refractivity contribution is 6.11. The number of allylic oxidation sites excluding steroid dienone is 1. The summed E-state index contributed by atoms with van der Waals surface area (Å²) in [6, 6.07) is 0. The van der Waals surface area contributed by atoms with E-state index in [9.17, 15) is 4.79 Å². The van der Waals surface area contributed by atoms with Gasteiger partial charge in [0.15, 0.2) is 0 Å². The fraction of sp³-hybridized carbons (Fsp3) is 0.364. The number of carbonyl (C=O) groups excluding carboxylic acids is 1. The van der Waals surface area contributed by atoms with Gasteiger partial charge in [-0.1, -0.05) is 0 Å². The summed E-state index contributed by atoms with van der Waals surface area (Å²) in [5.74, 6) is -0.440. The van der Waals surface area contributed by atoms with Crippen molar-refractivity contribution in [2.24, 2.45) is 39.8 Å². The summed E-state index contributed by atoms with van der Waals surface area (Å²) >= 11 is 0. The highest BCUT2D eigenvalue weighted by Crippen LogP contribution is 2.61. The van der Waals surface area contributed by atoms with E-state index in [1.807, 2.05) is 0 Å². The van der Waals surface area contributed by atoms with Crippen LogP contribution in [0.4, 0.5) is 0 Å². The Kier molecular flexibility index (Phi) is 1.67. The second-order valence-corrected chi connectivity index (χ2v) is 5.18. The maximum atomic E-state index is 12.4. The van der Waals surface area contributed by atoms with Gasteiger partial charge < -0.3 is 34.4 Å². The molecule has 7 nitrogen and oxygen atoms in total. The van der Waals surface area contributed by atoms with Crippen LogP contribution in [0, 0.1) is 5.41 Å². The van der Waals surface area contributed by atoms with Crippen molar-refractivity contribution in [3.05, 3.63) is 33.9 Å². The zero-order valence-electron chi connectivity index (χ0n) is 9.79. The lowest BCUT2D eigenvalue weighted by atomic mass is 9.73. The first kappa shape index (κ1) is 11.1. The molecule has 0 bridgehead atoms. The minimum Gasteiger partial charge on any atom is -0.401 e. The molecule has 1 fully saturated rings. The van der Waals surface area contributed by atoms with E-state index in [4.69, 9.17) is 34.4 Å². The van der Waals surface area contributed by atoms with E-state index in [1.165, 1.54) is 0 Å². The monoisotopic (exact) mass is 248 g/mol. The molecule has 3 aliphatic carbocycles. The standard InChI is InChI=1S/C11H16N6O/c12-5-3-4(6(13)7(5)14)9(18)11(16,17)10(1-2-10)8(3)15/h1-2,12-17H2. The Morgan fingerprint density at radius 3 is 1.89 bits per heavy atom. The Morgan fingerprint density at radius 2 is 1.39 bits per heavy atom. The van der Waals surface area contributed by atoms with Gasteiger partial charge >= 0.3 is 0 Å². The van der Waals surface area contributed by atoms with E-state index >= 15 is 0 Å². The van der Waals surface area contributed by atoms with E-state index in [2.05, 4.69) is 0 Å². The second kappa shape index (κ2) is 2.70. The first-order valence-corrected chi connectivity index (χ1v) is 5.64. The molecule has 96 valence electrons. The molecule has 3 aliphatic rings. The third kappa shape index (κ3) is 0.877. The van der Waals surface area contributed by atoms with Gasteiger partial charge in [-0.2, -0.15) is 0 Å². The molecule has 1 saturated carbocycles. The molecule has 0 saturated heterocycles. The van der Waals surface area contributed by atoms with Gasteiger partial charge in [0.1, 0.15) is 5.66 Å². The SMILES string of the molecule is NC1=C(N)C2=C(N)C3(CC3)C(N)(N)C(=O)C2=C1N. The van der Waals surface area contributed by atoms with Crippen molar-refractivity contribution in [2.45, 2.75) is 18.5 Å². The molecule has 0 unspecified atom stereocenters. The third-order valence-corrected chi connectivity index (χ3v) is 4.30. The molecular formula is C11H16N6O. The minimum absolute atomic E-state index is 0.117. The zero-order chi connectivity index (χ0) is 13.5. The van der Waals surface area contributed by atoms with Crippen LogP contribution >= 0.6 is 0 Å². The summed E-state index contributed by atoms with van der Waals surface area (Å²) in [6.07, 6.45) is 1.34. The van der Waals surface area contributed by atoms with Crippen LogP contribution in [0.2, 0.25) is 0 Å². The normalized spacial score (nSPS) is 28.2. The fourth-order valence-electron chi connectivity index (χ4n) is 2.89. The lowest BCUT2D eigenvalue weighted by Crippen LogP contribution is -2.66. The Hall–Kier alpha value is -1.99. The van der Waals surface area contributed by atoms with Gasteiger partial charge in [-0.3, -0.25) is 4.79 Å². The number of rotatable bonds is 0. The first-order chi connectivity index (χ1) is 8.25. The average molecular weight is 248 g/mol. The summed E-state index contributed by atoms with van der Waals surface area (Å²) in [7, 11) is 0. The van der Waals surface area contributed by atoms with Crippen molar-refractivity contribution in [3.8, 4) is 0 Å². The summed E-state index contributed by atoms with van der Waals surface area (Å²) in [5.41, 5.74) is 34.9. The molecule has 0 aromatic heterocycles. The molecule has 1 spiro atoms. The summed E-state index contributed by atoms with van der Waals surface area (Å²) in [6.45, 7) is 0. The van der Waals surface area contributed by atoms with Gasteiger partial charge in [-0.25, -0.2) is 0 Å². The topological polar surface area (TPSA) is 173 Å². The lowest BCUT2D eigenvalue weighted by Gasteiger charge is -2.39. The number of ketones is 1. The van der Waals surface area contributed by atoms with E-state index in [0.29, 0.717) is 24.1 Å². The minimum atomic E-state index is -1.54. The van der Waals surface area contributed by atoms with Crippen LogP contribution in [0.15, 0.2) is 33.9 Å². The Bertz CT molecular complexity index is 591. The predicted octanol–water partition coefficient (Wildman–Crippen LogP) is -2.47. The number of Topliss-reactive ketones (excluding diaryl/α,β-unsaturated/α-hetero) is 1. The van der Waals surface area contributed by atoms with E-state index in [-0.39, 0.29) is 22.7 Å². The summed E-state index contributed by atoms with van der Waals surface area (Å²) < 4.78 is 0. The Morgan fingerprint density at radius 1 is 0.833 bits per heavy atom. The lowest BCUT2D eigenvalue weighted by molar-refractivity contribution is -0.122. The predicted molar refractivity (Wildman–Crippen MR) is 65.6 cm³/mol. The largest absolute Gasteiger partial charge is 0.401 e. The van der Waals surface area contributed by atoms with Crippen molar-refractivity contribution in [1.82, 2.24) is 0 Å². The van der Waals surface area contributed by atoms with Crippen LogP contribution in [0.1, 0.15) is 12.8 Å². The van der Waals surface area contributed by atoms with Crippen LogP contribution in [-0.4, -0.2) is 11.4 Å². The number of nitrogens with two attached hydrogens (primary N) is 6. The smallest absolute Gasteiger partial charge is 0.200 e.